The highest BCUT2D eigenvalue weighted by Gasteiger charge is 2.35. The summed E-state index contributed by atoms with van der Waals surface area (Å²) in [5.41, 5.74) is 0.612. The first-order chi connectivity index (χ1) is 6.07. The van der Waals surface area contributed by atoms with Gasteiger partial charge in [-0.3, -0.25) is 4.90 Å². The highest BCUT2D eigenvalue weighted by atomic mass is 16.6. The van der Waals surface area contributed by atoms with Gasteiger partial charge in [0.25, 0.3) is 0 Å². The average Bonchev–Trinajstić information content (AvgIpc) is 2.46. The summed E-state index contributed by atoms with van der Waals surface area (Å²) in [6.07, 6.45) is 1.26. The van der Waals surface area contributed by atoms with E-state index in [1.807, 2.05) is 0 Å². The maximum absolute atomic E-state index is 11.3. The van der Waals surface area contributed by atoms with Crippen molar-refractivity contribution in [2.24, 2.45) is 5.92 Å². The van der Waals surface area contributed by atoms with Gasteiger partial charge >= 0.3 is 6.09 Å². The molecule has 1 amide bonds. The Labute approximate surface area is 78.7 Å². The number of cyclic esters (lactones) is 1. The second kappa shape index (κ2) is 3.64. The van der Waals surface area contributed by atoms with Crippen LogP contribution >= 0.6 is 0 Å². The molecule has 1 rings (SSSR count). The van der Waals surface area contributed by atoms with Crippen molar-refractivity contribution >= 4 is 6.09 Å². The molecule has 13 heavy (non-hydrogen) atoms. The molecule has 0 N–H and O–H groups in total. The van der Waals surface area contributed by atoms with Gasteiger partial charge in [-0.05, 0) is 12.0 Å². The van der Waals surface area contributed by atoms with Gasteiger partial charge in [-0.15, -0.1) is 0 Å². The third-order valence-electron chi connectivity index (χ3n) is 2.22. The van der Waals surface area contributed by atoms with E-state index >= 15 is 0 Å². The van der Waals surface area contributed by atoms with Gasteiger partial charge in [0.1, 0.15) is 6.61 Å². The van der Waals surface area contributed by atoms with E-state index in [0.717, 1.165) is 0 Å². The smallest absolute Gasteiger partial charge is 0.414 e. The molecule has 0 saturated carbocycles. The van der Waals surface area contributed by atoms with Crippen molar-refractivity contribution < 1.29 is 9.53 Å². The minimum absolute atomic E-state index is 0.0954. The van der Waals surface area contributed by atoms with Crippen LogP contribution in [-0.4, -0.2) is 23.6 Å². The van der Waals surface area contributed by atoms with Gasteiger partial charge in [0.15, 0.2) is 0 Å². The summed E-state index contributed by atoms with van der Waals surface area (Å²) in [4.78, 5) is 12.9. The van der Waals surface area contributed by atoms with Crippen LogP contribution < -0.4 is 0 Å². The molecule has 3 heteroatoms. The number of carbonyl (C=O) groups excluding carboxylic acids is 1. The molecule has 0 aliphatic carbocycles. The minimum Gasteiger partial charge on any atom is -0.447 e. The topological polar surface area (TPSA) is 29.5 Å². The van der Waals surface area contributed by atoms with Crippen LogP contribution in [0.25, 0.3) is 0 Å². The van der Waals surface area contributed by atoms with E-state index in [-0.39, 0.29) is 12.1 Å². The molecular formula is C10H15NO2. The Morgan fingerprint density at radius 3 is 2.85 bits per heavy atom. The van der Waals surface area contributed by atoms with E-state index in [9.17, 15) is 4.79 Å². The summed E-state index contributed by atoms with van der Waals surface area (Å²) < 4.78 is 4.94. The molecule has 1 atom stereocenters. The summed E-state index contributed by atoms with van der Waals surface area (Å²) in [5.74, 6) is 0.364. The third kappa shape index (κ3) is 1.74. The first kappa shape index (κ1) is 9.84. The molecule has 0 aromatic rings. The van der Waals surface area contributed by atoms with Crippen molar-refractivity contribution in [1.29, 1.82) is 0 Å². The fraction of sp³-hybridized carbons (Fsp3) is 0.500. The molecule has 0 aromatic heterocycles. The first-order valence-corrected chi connectivity index (χ1v) is 4.35. The highest BCUT2D eigenvalue weighted by Crippen LogP contribution is 2.23. The van der Waals surface area contributed by atoms with Crippen LogP contribution in [0.3, 0.4) is 0 Å². The second-order valence-corrected chi connectivity index (χ2v) is 3.45. The number of amides is 1. The molecule has 1 aliphatic rings. The molecule has 72 valence electrons. The van der Waals surface area contributed by atoms with E-state index in [1.54, 1.807) is 11.0 Å². The minimum atomic E-state index is -0.316. The van der Waals surface area contributed by atoms with Crippen molar-refractivity contribution in [2.75, 3.05) is 6.61 Å². The zero-order valence-electron chi connectivity index (χ0n) is 8.12. The Bertz CT molecular complexity index is 245. The van der Waals surface area contributed by atoms with Crippen LogP contribution in [0.15, 0.2) is 24.9 Å². The predicted molar refractivity (Wildman–Crippen MR) is 51.2 cm³/mol. The number of carbonyl (C=O) groups is 1. The van der Waals surface area contributed by atoms with Crippen LogP contribution in [0.2, 0.25) is 0 Å². The number of allylic oxidation sites excluding steroid dienone is 1. The highest BCUT2D eigenvalue weighted by molar-refractivity contribution is 5.73. The largest absolute Gasteiger partial charge is 0.447 e. The average molecular weight is 181 g/mol. The van der Waals surface area contributed by atoms with E-state index in [0.29, 0.717) is 18.2 Å². The number of ether oxygens (including phenoxy) is 1. The lowest BCUT2D eigenvalue weighted by molar-refractivity contribution is 0.165. The standard InChI is InChI=1S/C10H15NO2/c1-5-8(4)11-9(7(2)3)6-13-10(11)12/h5,7,9H,1,4,6H2,2-3H3/t9-/m1/s1. The molecule has 1 saturated heterocycles. The van der Waals surface area contributed by atoms with Crippen LogP contribution in [0, 0.1) is 5.92 Å². The number of hydrogen-bond acceptors (Lipinski definition) is 2. The first-order valence-electron chi connectivity index (χ1n) is 4.35. The zero-order valence-corrected chi connectivity index (χ0v) is 8.12. The lowest BCUT2D eigenvalue weighted by atomic mass is 10.0. The zero-order chi connectivity index (χ0) is 10.0. The Kier molecular flexibility index (Phi) is 2.76. The predicted octanol–water partition coefficient (Wildman–Crippen LogP) is 2.16. The van der Waals surface area contributed by atoms with E-state index < -0.39 is 0 Å². The number of rotatable bonds is 3. The van der Waals surface area contributed by atoms with Gasteiger partial charge in [-0.25, -0.2) is 4.79 Å². The van der Waals surface area contributed by atoms with Crippen LogP contribution in [0.1, 0.15) is 13.8 Å². The Balaban J connectivity index is 2.82. The number of hydrogen-bond donors (Lipinski definition) is 0. The summed E-state index contributed by atoms with van der Waals surface area (Å²) in [6, 6.07) is 0.0954. The van der Waals surface area contributed by atoms with Crippen LogP contribution in [-0.2, 0) is 4.74 Å². The molecule has 0 radical (unpaired) electrons. The van der Waals surface area contributed by atoms with Gasteiger partial charge in [-0.2, -0.15) is 0 Å². The van der Waals surface area contributed by atoms with Gasteiger partial charge in [0.05, 0.1) is 6.04 Å². The molecule has 0 unspecified atom stereocenters. The lowest BCUT2D eigenvalue weighted by Gasteiger charge is -2.24. The third-order valence-corrected chi connectivity index (χ3v) is 2.22. The summed E-state index contributed by atoms with van der Waals surface area (Å²) >= 11 is 0. The number of nitrogens with zero attached hydrogens (tertiary/aromatic N) is 1. The summed E-state index contributed by atoms with van der Waals surface area (Å²) in [5, 5.41) is 0. The fourth-order valence-corrected chi connectivity index (χ4v) is 1.36. The van der Waals surface area contributed by atoms with Crippen molar-refractivity contribution in [3.63, 3.8) is 0 Å². The molecule has 0 aromatic carbocycles. The SMILES string of the molecule is C=CC(=C)N1C(=O)OC[C@@H]1C(C)C. The van der Waals surface area contributed by atoms with Gasteiger partial charge in [0.2, 0.25) is 0 Å². The summed E-state index contributed by atoms with van der Waals surface area (Å²) in [6.45, 7) is 11.9. The van der Waals surface area contributed by atoms with Crippen molar-refractivity contribution in [3.05, 3.63) is 24.9 Å². The fourth-order valence-electron chi connectivity index (χ4n) is 1.36. The Morgan fingerprint density at radius 2 is 2.38 bits per heavy atom. The summed E-state index contributed by atoms with van der Waals surface area (Å²) in [7, 11) is 0. The van der Waals surface area contributed by atoms with Crippen LogP contribution in [0.5, 0.6) is 0 Å². The molecule has 1 aliphatic heterocycles. The van der Waals surface area contributed by atoms with Gasteiger partial charge in [0, 0.05) is 5.70 Å². The van der Waals surface area contributed by atoms with E-state index in [1.165, 1.54) is 0 Å². The molecule has 0 bridgehead atoms. The maximum Gasteiger partial charge on any atom is 0.414 e. The molecular weight excluding hydrogens is 166 g/mol. The van der Waals surface area contributed by atoms with Crippen molar-refractivity contribution in [1.82, 2.24) is 4.90 Å². The monoisotopic (exact) mass is 181 g/mol. The normalized spacial score (nSPS) is 21.9. The molecule has 1 heterocycles. The second-order valence-electron chi connectivity index (χ2n) is 3.45. The molecule has 0 spiro atoms. The molecule has 3 nitrogen and oxygen atoms in total. The maximum atomic E-state index is 11.3. The van der Waals surface area contributed by atoms with Gasteiger partial charge < -0.3 is 4.74 Å². The van der Waals surface area contributed by atoms with E-state index in [2.05, 4.69) is 27.0 Å². The van der Waals surface area contributed by atoms with Crippen LogP contribution in [0.4, 0.5) is 4.79 Å². The van der Waals surface area contributed by atoms with Crippen molar-refractivity contribution in [3.8, 4) is 0 Å². The van der Waals surface area contributed by atoms with E-state index in [4.69, 9.17) is 4.74 Å². The van der Waals surface area contributed by atoms with Crippen molar-refractivity contribution in [2.45, 2.75) is 19.9 Å². The Morgan fingerprint density at radius 1 is 1.77 bits per heavy atom. The van der Waals surface area contributed by atoms with Gasteiger partial charge in [-0.1, -0.05) is 27.0 Å². The Hall–Kier alpha value is -1.25. The quantitative estimate of drug-likeness (QED) is 0.624. The lowest BCUT2D eigenvalue weighted by Crippen LogP contribution is -2.35. The molecule has 1 fully saturated rings.